The monoisotopic (exact) mass is 576 g/mol. The largest absolute Gasteiger partial charge is 0.471 e. The number of aromatic nitrogens is 3. The van der Waals surface area contributed by atoms with Crippen LogP contribution < -0.4 is 10.6 Å². The fraction of sp³-hybridized carbons (Fsp3) is 0.619. The van der Waals surface area contributed by atoms with E-state index in [1.54, 1.807) is 5.32 Å². The summed E-state index contributed by atoms with van der Waals surface area (Å²) >= 11 is 0. The summed E-state index contributed by atoms with van der Waals surface area (Å²) in [5.41, 5.74) is -0.236. The zero-order chi connectivity index (χ0) is 29.3. The minimum absolute atomic E-state index is 0.0740. The van der Waals surface area contributed by atoms with Gasteiger partial charge in [0.2, 0.25) is 0 Å². The Bertz CT molecular complexity index is 1190. The van der Waals surface area contributed by atoms with Crippen LogP contribution in [0.5, 0.6) is 0 Å². The molecule has 3 amide bonds. The van der Waals surface area contributed by atoms with Gasteiger partial charge in [0, 0.05) is 12.7 Å². The summed E-state index contributed by atoms with van der Waals surface area (Å²) in [5.74, 6) is -5.68. The van der Waals surface area contributed by atoms with Gasteiger partial charge in [0.25, 0.3) is 5.92 Å². The maximum atomic E-state index is 14.0. The maximum Gasteiger partial charge on any atom is 0.471 e. The lowest BCUT2D eigenvalue weighted by Gasteiger charge is -2.38. The number of amides is 3. The Kier molecular flexibility index (Phi) is 8.59. The van der Waals surface area contributed by atoms with Crippen LogP contribution in [0.2, 0.25) is 0 Å². The van der Waals surface area contributed by atoms with E-state index in [4.69, 9.17) is 9.47 Å². The molecule has 218 valence electrons. The number of halogens is 8. The molecule has 0 bridgehead atoms. The van der Waals surface area contributed by atoms with Gasteiger partial charge in [0.15, 0.2) is 11.8 Å². The topological polar surface area (TPSA) is 110 Å². The van der Waals surface area contributed by atoms with Crippen molar-refractivity contribution in [3.05, 3.63) is 29.7 Å². The number of nitrogens with one attached hydrogen (secondary N) is 2. The molecule has 10 nitrogen and oxygen atoms in total. The summed E-state index contributed by atoms with van der Waals surface area (Å²) in [6.07, 6.45) is -12.0. The van der Waals surface area contributed by atoms with Crippen molar-refractivity contribution in [2.45, 2.75) is 56.4 Å². The number of hydrogen-bond donors (Lipinski definition) is 2. The molecule has 2 N–H and O–H groups in total. The summed E-state index contributed by atoms with van der Waals surface area (Å²) < 4.78 is 117. The van der Waals surface area contributed by atoms with Crippen LogP contribution in [0.1, 0.15) is 37.2 Å². The second-order valence-electron chi connectivity index (χ2n) is 8.85. The molecule has 39 heavy (non-hydrogen) atoms. The van der Waals surface area contributed by atoms with Crippen LogP contribution in [0.25, 0.3) is 5.65 Å². The molecule has 0 saturated carbocycles. The molecule has 0 spiro atoms. The van der Waals surface area contributed by atoms with Crippen molar-refractivity contribution < 1.29 is 54.2 Å². The SMILES string of the molecule is COC[C@H](c1cnn2cc([C@@H](NC(=O)C(F)(F)F)[C@@H](C)O[C@@H](C)C(F)(F)F)nc2c1)N1CC(F)(F)CNC1=O. The summed E-state index contributed by atoms with van der Waals surface area (Å²) in [4.78, 5) is 28.9. The van der Waals surface area contributed by atoms with Crippen molar-refractivity contribution in [1.29, 1.82) is 0 Å². The Balaban J connectivity index is 1.98. The second kappa shape index (κ2) is 11.1. The van der Waals surface area contributed by atoms with E-state index in [2.05, 4.69) is 15.4 Å². The molecule has 3 rings (SSSR count). The molecule has 1 saturated heterocycles. The average molecular weight is 576 g/mol. The van der Waals surface area contributed by atoms with E-state index in [0.29, 0.717) is 6.92 Å². The lowest BCUT2D eigenvalue weighted by atomic mass is 10.1. The minimum atomic E-state index is -5.36. The Morgan fingerprint density at radius 1 is 1.23 bits per heavy atom. The smallest absolute Gasteiger partial charge is 0.382 e. The third-order valence-corrected chi connectivity index (χ3v) is 5.82. The molecule has 1 aliphatic rings. The van der Waals surface area contributed by atoms with Crippen LogP contribution in [-0.4, -0.2) is 88.7 Å². The number of carbonyl (C=O) groups is 2. The van der Waals surface area contributed by atoms with Gasteiger partial charge in [-0.25, -0.2) is 23.1 Å². The van der Waals surface area contributed by atoms with Gasteiger partial charge in [-0.15, -0.1) is 0 Å². The zero-order valence-corrected chi connectivity index (χ0v) is 20.6. The van der Waals surface area contributed by atoms with Crippen LogP contribution in [0.3, 0.4) is 0 Å². The first-order chi connectivity index (χ1) is 17.9. The second-order valence-corrected chi connectivity index (χ2v) is 8.85. The summed E-state index contributed by atoms with van der Waals surface area (Å²) in [6.45, 7) is -0.362. The molecular formula is C21H24F8N6O4. The Labute approximate surface area is 215 Å². The number of carbonyl (C=O) groups excluding carboxylic acids is 2. The third-order valence-electron chi connectivity index (χ3n) is 5.82. The number of fused-ring (bicyclic) bond motifs is 1. The van der Waals surface area contributed by atoms with Crippen molar-refractivity contribution in [3.8, 4) is 0 Å². The van der Waals surface area contributed by atoms with E-state index >= 15 is 0 Å². The number of imidazole rings is 1. The molecule has 4 atom stereocenters. The Morgan fingerprint density at radius 2 is 1.90 bits per heavy atom. The van der Waals surface area contributed by atoms with Gasteiger partial charge in [0.05, 0.1) is 56.0 Å². The number of urea groups is 1. The normalized spacial score (nSPS) is 19.4. The van der Waals surface area contributed by atoms with Gasteiger partial charge in [-0.2, -0.15) is 31.4 Å². The fourth-order valence-electron chi connectivity index (χ4n) is 3.83. The van der Waals surface area contributed by atoms with Crippen molar-refractivity contribution in [2.75, 3.05) is 26.8 Å². The molecule has 18 heteroatoms. The highest BCUT2D eigenvalue weighted by molar-refractivity contribution is 5.82. The van der Waals surface area contributed by atoms with E-state index in [1.165, 1.54) is 19.4 Å². The first-order valence-corrected chi connectivity index (χ1v) is 11.3. The zero-order valence-electron chi connectivity index (χ0n) is 20.6. The van der Waals surface area contributed by atoms with Crippen LogP contribution >= 0.6 is 0 Å². The van der Waals surface area contributed by atoms with E-state index in [9.17, 15) is 44.7 Å². The van der Waals surface area contributed by atoms with Gasteiger partial charge < -0.3 is 25.0 Å². The van der Waals surface area contributed by atoms with E-state index in [-0.39, 0.29) is 23.5 Å². The van der Waals surface area contributed by atoms with Crippen molar-refractivity contribution in [3.63, 3.8) is 0 Å². The standard InChI is InChI=1S/C21H24F8N6O4/c1-10(39-11(2)20(24,25)26)16(33-17(36)21(27,28)29)13-6-35-15(32-13)4-12(5-31-35)14(7-38-3)34-9-19(22,23)8-30-18(34)37/h4-6,10-11,14,16H,7-9H2,1-3H3,(H,30,37)(H,33,36)/t10-,11+,14-,16+/m1/s1. The number of rotatable bonds is 9. The van der Waals surface area contributed by atoms with E-state index in [1.807, 2.05) is 0 Å². The highest BCUT2D eigenvalue weighted by Gasteiger charge is 2.44. The maximum absolute atomic E-state index is 14.0. The molecule has 1 aliphatic heterocycles. The van der Waals surface area contributed by atoms with Crippen molar-refractivity contribution in [1.82, 2.24) is 30.1 Å². The number of nitrogens with zero attached hydrogens (tertiary/aromatic N) is 4. The molecule has 2 aromatic rings. The molecule has 0 aromatic carbocycles. The highest BCUT2D eigenvalue weighted by atomic mass is 19.4. The number of alkyl halides is 8. The molecule has 0 unspecified atom stereocenters. The first-order valence-electron chi connectivity index (χ1n) is 11.3. The van der Waals surface area contributed by atoms with Crippen LogP contribution in [0.4, 0.5) is 39.9 Å². The van der Waals surface area contributed by atoms with Crippen LogP contribution in [0.15, 0.2) is 18.5 Å². The molecule has 2 aromatic heterocycles. The average Bonchev–Trinajstić information content (AvgIpc) is 3.24. The van der Waals surface area contributed by atoms with Gasteiger partial charge in [-0.05, 0) is 19.9 Å². The molecule has 0 radical (unpaired) electrons. The predicted octanol–water partition coefficient (Wildman–Crippen LogP) is 3.15. The third kappa shape index (κ3) is 7.23. The van der Waals surface area contributed by atoms with Gasteiger partial charge >= 0.3 is 24.3 Å². The summed E-state index contributed by atoms with van der Waals surface area (Å²) in [7, 11) is 1.27. The Morgan fingerprint density at radius 3 is 2.49 bits per heavy atom. The molecule has 0 aliphatic carbocycles. The van der Waals surface area contributed by atoms with E-state index in [0.717, 1.165) is 22.5 Å². The highest BCUT2D eigenvalue weighted by Crippen LogP contribution is 2.31. The van der Waals surface area contributed by atoms with Gasteiger partial charge in [0.1, 0.15) is 0 Å². The summed E-state index contributed by atoms with van der Waals surface area (Å²) in [5, 5.41) is 7.69. The van der Waals surface area contributed by atoms with Crippen LogP contribution in [-0.2, 0) is 14.3 Å². The number of methoxy groups -OCH3 is 1. The van der Waals surface area contributed by atoms with E-state index < -0.39 is 67.6 Å². The lowest BCUT2D eigenvalue weighted by molar-refractivity contribution is -0.228. The minimum Gasteiger partial charge on any atom is -0.382 e. The Hall–Kier alpha value is -3.28. The number of hydrogen-bond acceptors (Lipinski definition) is 6. The quantitative estimate of drug-likeness (QED) is 0.444. The fourth-order valence-corrected chi connectivity index (χ4v) is 3.83. The molecular weight excluding hydrogens is 552 g/mol. The van der Waals surface area contributed by atoms with Gasteiger partial charge in [-0.3, -0.25) is 4.79 Å². The predicted molar refractivity (Wildman–Crippen MR) is 116 cm³/mol. The summed E-state index contributed by atoms with van der Waals surface area (Å²) in [6, 6.07) is -2.39. The van der Waals surface area contributed by atoms with Crippen LogP contribution in [0, 0.1) is 0 Å². The molecule has 1 fully saturated rings. The van der Waals surface area contributed by atoms with Crippen molar-refractivity contribution in [2.24, 2.45) is 0 Å². The lowest BCUT2D eigenvalue weighted by Crippen LogP contribution is -2.58. The van der Waals surface area contributed by atoms with Gasteiger partial charge in [-0.1, -0.05) is 0 Å². The molecule has 3 heterocycles. The number of ether oxygens (including phenoxy) is 2. The first kappa shape index (κ1) is 30.3. The van der Waals surface area contributed by atoms with Crippen molar-refractivity contribution >= 4 is 17.6 Å².